The van der Waals surface area contributed by atoms with Gasteiger partial charge < -0.3 is 18.9 Å². The van der Waals surface area contributed by atoms with E-state index < -0.39 is 29.3 Å². The number of amides is 1. The Balaban J connectivity index is 1.69. The van der Waals surface area contributed by atoms with Crippen LogP contribution in [0.15, 0.2) is 48.7 Å². The van der Waals surface area contributed by atoms with Crippen molar-refractivity contribution in [3.8, 4) is 11.4 Å². The number of ether oxygens (including phenoxy) is 2. The van der Waals surface area contributed by atoms with Crippen molar-refractivity contribution in [3.63, 3.8) is 0 Å². The van der Waals surface area contributed by atoms with Gasteiger partial charge in [-0.3, -0.25) is 4.79 Å². The number of rotatable bonds is 5. The molecule has 0 saturated carbocycles. The summed E-state index contributed by atoms with van der Waals surface area (Å²) < 4.78 is 41.5. The summed E-state index contributed by atoms with van der Waals surface area (Å²) in [4.78, 5) is 22.4. The van der Waals surface area contributed by atoms with Crippen LogP contribution in [0.4, 0.5) is 8.78 Å². The van der Waals surface area contributed by atoms with Gasteiger partial charge in [-0.25, -0.2) is 14.4 Å². The molecule has 3 aromatic rings. The zero-order valence-electron chi connectivity index (χ0n) is 19.7. The first-order chi connectivity index (χ1) is 16.1. The molecule has 0 radical (unpaired) electrons. The van der Waals surface area contributed by atoms with E-state index in [0.717, 1.165) is 11.4 Å². The molecule has 1 atom stereocenters. The minimum Gasteiger partial charge on any atom is -0.495 e. The predicted octanol–water partition coefficient (Wildman–Crippen LogP) is 4.60. The number of hydrogen-bond donors (Lipinski definition) is 0. The van der Waals surface area contributed by atoms with Gasteiger partial charge in [0.15, 0.2) is 11.6 Å². The molecule has 1 fully saturated rings. The molecular formula is C25H26F2N4O3. The fourth-order valence-electron chi connectivity index (χ4n) is 4.03. The second kappa shape index (κ2) is 8.89. The fraction of sp³-hybridized carbons (Fsp3) is 0.320. The van der Waals surface area contributed by atoms with Crippen LogP contribution < -0.4 is 4.74 Å². The van der Waals surface area contributed by atoms with Crippen molar-refractivity contribution in [3.05, 3.63) is 77.3 Å². The number of carbonyl (C=O) groups excluding carboxylic acids is 1. The van der Waals surface area contributed by atoms with E-state index in [9.17, 15) is 13.6 Å². The van der Waals surface area contributed by atoms with Gasteiger partial charge in [-0.2, -0.15) is 4.39 Å². The van der Waals surface area contributed by atoms with E-state index in [-0.39, 0.29) is 17.9 Å². The third-order valence-corrected chi connectivity index (χ3v) is 5.69. The summed E-state index contributed by atoms with van der Waals surface area (Å²) in [6.07, 6.45) is 6.39. The topological polar surface area (TPSA) is 69.5 Å². The van der Waals surface area contributed by atoms with Gasteiger partial charge in [0, 0.05) is 18.0 Å². The number of pyridine rings is 1. The Hall–Kier alpha value is -3.75. The molecular weight excluding hydrogens is 442 g/mol. The third kappa shape index (κ3) is 4.50. The first-order valence-electron chi connectivity index (χ1n) is 10.8. The average molecular weight is 469 g/mol. The lowest BCUT2D eigenvalue weighted by atomic mass is 10.0. The molecule has 0 bridgehead atoms. The third-order valence-electron chi connectivity index (χ3n) is 5.69. The summed E-state index contributed by atoms with van der Waals surface area (Å²) in [5.74, 6) is -1.98. The largest absolute Gasteiger partial charge is 0.495 e. The second-order valence-electron chi connectivity index (χ2n) is 8.84. The fourth-order valence-corrected chi connectivity index (χ4v) is 4.03. The van der Waals surface area contributed by atoms with Crippen LogP contribution in [-0.4, -0.2) is 44.6 Å². The molecule has 9 heteroatoms. The number of aromatic nitrogens is 3. The molecule has 7 nitrogen and oxygen atoms in total. The number of hydrogen-bond acceptors (Lipinski definition) is 5. The van der Waals surface area contributed by atoms with Gasteiger partial charge >= 0.3 is 0 Å². The number of benzene rings is 1. The predicted molar refractivity (Wildman–Crippen MR) is 122 cm³/mol. The van der Waals surface area contributed by atoms with Crippen molar-refractivity contribution in [2.24, 2.45) is 0 Å². The van der Waals surface area contributed by atoms with Crippen LogP contribution >= 0.6 is 0 Å². The van der Waals surface area contributed by atoms with Crippen LogP contribution in [0, 0.1) is 18.7 Å². The number of imidazole rings is 1. The quantitative estimate of drug-likeness (QED) is 0.404. The maximum atomic E-state index is 14.4. The summed E-state index contributed by atoms with van der Waals surface area (Å²) in [6.45, 7) is 7.42. The van der Waals surface area contributed by atoms with Crippen molar-refractivity contribution in [1.82, 2.24) is 19.4 Å². The maximum absolute atomic E-state index is 14.4. The van der Waals surface area contributed by atoms with Crippen molar-refractivity contribution in [2.45, 2.75) is 39.3 Å². The van der Waals surface area contributed by atoms with Gasteiger partial charge in [0.2, 0.25) is 5.95 Å². The van der Waals surface area contributed by atoms with Gasteiger partial charge in [-0.1, -0.05) is 6.07 Å². The van der Waals surface area contributed by atoms with E-state index in [1.807, 2.05) is 43.7 Å². The van der Waals surface area contributed by atoms with Gasteiger partial charge in [0.1, 0.15) is 11.4 Å². The van der Waals surface area contributed by atoms with E-state index in [1.165, 1.54) is 17.2 Å². The molecule has 2 aromatic heterocycles. The normalized spacial score (nSPS) is 17.6. The van der Waals surface area contributed by atoms with E-state index >= 15 is 0 Å². The van der Waals surface area contributed by atoms with E-state index in [0.29, 0.717) is 11.3 Å². The molecule has 178 valence electrons. The first-order valence-corrected chi connectivity index (χ1v) is 10.8. The number of nitrogens with zero attached hydrogens (tertiary/aromatic N) is 4. The van der Waals surface area contributed by atoms with E-state index in [4.69, 9.17) is 9.47 Å². The Morgan fingerprint density at radius 3 is 2.68 bits per heavy atom. The molecule has 1 amide bonds. The Labute approximate surface area is 196 Å². The minimum absolute atomic E-state index is 0.0551. The summed E-state index contributed by atoms with van der Waals surface area (Å²) in [7, 11) is 1.57. The molecule has 4 rings (SSSR count). The van der Waals surface area contributed by atoms with Crippen LogP contribution in [0.2, 0.25) is 0 Å². The number of aryl methyl sites for hydroxylation is 1. The van der Waals surface area contributed by atoms with Crippen LogP contribution in [0.25, 0.3) is 11.8 Å². The van der Waals surface area contributed by atoms with Crippen molar-refractivity contribution in [1.29, 1.82) is 0 Å². The lowest BCUT2D eigenvalue weighted by Crippen LogP contribution is -2.51. The summed E-state index contributed by atoms with van der Waals surface area (Å²) in [5.41, 5.74) is 1.67. The lowest BCUT2D eigenvalue weighted by Gasteiger charge is -2.42. The summed E-state index contributed by atoms with van der Waals surface area (Å²) in [5, 5.41) is 0. The van der Waals surface area contributed by atoms with Crippen molar-refractivity contribution >= 4 is 12.0 Å². The molecule has 1 aromatic carbocycles. The zero-order valence-corrected chi connectivity index (χ0v) is 19.7. The Morgan fingerprint density at radius 1 is 1.24 bits per heavy atom. The molecule has 0 unspecified atom stereocenters. The summed E-state index contributed by atoms with van der Waals surface area (Å²) >= 11 is 0. The highest BCUT2D eigenvalue weighted by Crippen LogP contribution is 2.34. The highest BCUT2D eigenvalue weighted by molar-refractivity contribution is 5.97. The van der Waals surface area contributed by atoms with Gasteiger partial charge in [0.05, 0.1) is 37.4 Å². The Morgan fingerprint density at radius 2 is 2.00 bits per heavy atom. The molecule has 0 aliphatic carbocycles. The molecule has 1 aliphatic rings. The molecule has 34 heavy (non-hydrogen) atoms. The Kier molecular flexibility index (Phi) is 6.12. The van der Waals surface area contributed by atoms with Gasteiger partial charge in [0.25, 0.3) is 5.91 Å². The number of carbonyl (C=O) groups is 1. The number of methoxy groups -OCH3 is 1. The zero-order chi connectivity index (χ0) is 24.6. The van der Waals surface area contributed by atoms with E-state index in [2.05, 4.69) is 9.97 Å². The lowest BCUT2D eigenvalue weighted by molar-refractivity contribution is -0.149. The molecule has 3 heterocycles. The van der Waals surface area contributed by atoms with Gasteiger partial charge in [-0.15, -0.1) is 0 Å². The maximum Gasteiger partial charge on any atom is 0.289 e. The molecule has 0 N–H and O–H groups in total. The highest BCUT2D eigenvalue weighted by Gasteiger charge is 2.39. The van der Waals surface area contributed by atoms with E-state index in [1.54, 1.807) is 32.5 Å². The highest BCUT2D eigenvalue weighted by atomic mass is 19.2. The monoisotopic (exact) mass is 468 g/mol. The second-order valence-corrected chi connectivity index (χ2v) is 8.84. The van der Waals surface area contributed by atoms with Gasteiger partial charge in [-0.05, 0) is 57.5 Å². The minimum atomic E-state index is -1.19. The van der Waals surface area contributed by atoms with Crippen LogP contribution in [0.3, 0.4) is 0 Å². The molecule has 0 spiro atoms. The Bertz CT molecular complexity index is 1270. The standard InChI is InChI=1S/C25H26F2N4O3/c1-15-12-30(14-29-15)19-7-6-17(10-20(19)33-5)11-21-24(32)31(13-25(3,4)34-21)16(2)18-8-9-28-23(27)22(18)26/h6-12,14,16H,13H2,1-5H3/b21-11-/t16-/m0/s1. The summed E-state index contributed by atoms with van der Waals surface area (Å²) in [6, 6.07) is 6.15. The number of halogens is 2. The molecule has 1 aliphatic heterocycles. The van der Waals surface area contributed by atoms with Crippen LogP contribution in [-0.2, 0) is 9.53 Å². The SMILES string of the molecule is COc1cc(/C=C2\OC(C)(C)CN([C@@H](C)c3ccnc(F)c3F)C2=O)ccc1-n1cnc(C)c1. The smallest absolute Gasteiger partial charge is 0.289 e. The molecule has 1 saturated heterocycles. The van der Waals surface area contributed by atoms with Crippen LogP contribution in [0.5, 0.6) is 5.75 Å². The number of morpholine rings is 1. The first kappa shape index (κ1) is 23.4. The van der Waals surface area contributed by atoms with Crippen molar-refractivity contribution < 1.29 is 23.0 Å². The van der Waals surface area contributed by atoms with Crippen molar-refractivity contribution in [2.75, 3.05) is 13.7 Å². The average Bonchev–Trinajstić information content (AvgIpc) is 3.23. The van der Waals surface area contributed by atoms with Crippen LogP contribution in [0.1, 0.15) is 43.6 Å².